The zero-order valence-corrected chi connectivity index (χ0v) is 26.1. The molecule has 5 rings (SSSR count). The average molecular weight is 608 g/mol. The molecule has 2 saturated heterocycles. The fourth-order valence-electron chi connectivity index (χ4n) is 7.34. The quantitative estimate of drug-likeness (QED) is 0.361. The standard InChI is InChI=1S/C34H45N3O7/c1-5-12-22(4)36-18-11-17-34-29(32(41)37(30(34)33(36)42)25(19-38)21(2)3)28-26(44-34)15-9-10-16-27(39)43-20-24(35-31(28)40)23-13-7-6-8-14-23/h6-9,11,13-15,17,21-22,24-26,28-30,38H,5,10,12,16,18-20H2,1-4H3,(H,35,40)/b15-9-/t22?,24-,25-,26+,28-,29-,30+,34-/m0/s1. The fraction of sp³-hybridized carbons (Fsp3) is 0.588. The molecule has 44 heavy (non-hydrogen) atoms. The lowest BCUT2D eigenvalue weighted by molar-refractivity contribution is -0.153. The average Bonchev–Trinajstić information content (AvgIpc) is 3.38. The van der Waals surface area contributed by atoms with Crippen molar-refractivity contribution in [2.45, 2.75) is 89.3 Å². The lowest BCUT2D eigenvalue weighted by Gasteiger charge is -2.41. The summed E-state index contributed by atoms with van der Waals surface area (Å²) in [5.74, 6) is -3.54. The van der Waals surface area contributed by atoms with E-state index in [4.69, 9.17) is 9.47 Å². The van der Waals surface area contributed by atoms with Gasteiger partial charge in [-0.3, -0.25) is 19.2 Å². The second-order valence-corrected chi connectivity index (χ2v) is 12.7. The Morgan fingerprint density at radius 1 is 1.07 bits per heavy atom. The number of nitrogens with one attached hydrogen (secondary N) is 1. The van der Waals surface area contributed by atoms with E-state index < -0.39 is 47.6 Å². The van der Waals surface area contributed by atoms with Gasteiger partial charge in [-0.05, 0) is 31.2 Å². The van der Waals surface area contributed by atoms with E-state index >= 15 is 0 Å². The highest BCUT2D eigenvalue weighted by Crippen LogP contribution is 2.54. The number of ether oxygens (including phenoxy) is 2. The molecule has 4 heterocycles. The molecule has 0 aliphatic carbocycles. The Kier molecular flexibility index (Phi) is 9.60. The molecule has 2 N–H and O–H groups in total. The highest BCUT2D eigenvalue weighted by Gasteiger charge is 2.72. The van der Waals surface area contributed by atoms with Gasteiger partial charge in [0.15, 0.2) is 0 Å². The van der Waals surface area contributed by atoms with Crippen LogP contribution in [-0.4, -0.2) is 88.2 Å². The first-order valence-electron chi connectivity index (χ1n) is 15.9. The Hall–Kier alpha value is -3.50. The molecule has 8 atom stereocenters. The molecule has 1 aromatic carbocycles. The lowest BCUT2D eigenvalue weighted by atomic mass is 9.77. The smallest absolute Gasteiger partial charge is 0.306 e. The molecule has 0 aromatic heterocycles. The van der Waals surface area contributed by atoms with Crippen LogP contribution in [-0.2, 0) is 28.7 Å². The van der Waals surface area contributed by atoms with E-state index in [1.807, 2.05) is 63.3 Å². The minimum atomic E-state index is -1.41. The van der Waals surface area contributed by atoms with Gasteiger partial charge in [0.2, 0.25) is 17.7 Å². The number of esters is 1. The summed E-state index contributed by atoms with van der Waals surface area (Å²) in [5, 5.41) is 13.6. The molecule has 0 radical (unpaired) electrons. The van der Waals surface area contributed by atoms with Gasteiger partial charge >= 0.3 is 5.97 Å². The molecule has 1 spiro atoms. The van der Waals surface area contributed by atoms with Crippen LogP contribution in [0.15, 0.2) is 54.6 Å². The molecular formula is C34H45N3O7. The summed E-state index contributed by atoms with van der Waals surface area (Å²) in [7, 11) is 0. The normalized spacial score (nSPS) is 32.9. The van der Waals surface area contributed by atoms with E-state index in [0.717, 1.165) is 18.4 Å². The molecule has 4 aliphatic rings. The molecular weight excluding hydrogens is 562 g/mol. The summed E-state index contributed by atoms with van der Waals surface area (Å²) < 4.78 is 12.3. The van der Waals surface area contributed by atoms with Gasteiger partial charge in [-0.25, -0.2) is 0 Å². The molecule has 3 amide bonds. The Morgan fingerprint density at radius 3 is 2.50 bits per heavy atom. The third kappa shape index (κ3) is 5.70. The summed E-state index contributed by atoms with van der Waals surface area (Å²) in [6.07, 6.45) is 8.62. The van der Waals surface area contributed by atoms with Crippen molar-refractivity contribution < 1.29 is 33.8 Å². The van der Waals surface area contributed by atoms with Gasteiger partial charge in [-0.2, -0.15) is 0 Å². The van der Waals surface area contributed by atoms with E-state index in [0.29, 0.717) is 13.0 Å². The molecule has 0 saturated carbocycles. The minimum Gasteiger partial charge on any atom is -0.463 e. The topological polar surface area (TPSA) is 125 Å². The largest absolute Gasteiger partial charge is 0.463 e. The summed E-state index contributed by atoms with van der Waals surface area (Å²) in [4.78, 5) is 59.3. The van der Waals surface area contributed by atoms with Crippen LogP contribution in [0.4, 0.5) is 0 Å². The predicted octanol–water partition coefficient (Wildman–Crippen LogP) is 2.92. The first-order valence-corrected chi connectivity index (χ1v) is 15.9. The van der Waals surface area contributed by atoms with Crippen molar-refractivity contribution in [3.8, 4) is 0 Å². The number of carbonyl (C=O) groups is 4. The predicted molar refractivity (Wildman–Crippen MR) is 163 cm³/mol. The monoisotopic (exact) mass is 607 g/mol. The summed E-state index contributed by atoms with van der Waals surface area (Å²) in [5.41, 5.74) is -0.656. The number of nitrogens with zero attached hydrogens (tertiary/aromatic N) is 2. The number of amides is 3. The molecule has 0 bridgehead atoms. The first-order chi connectivity index (χ1) is 21.1. The Bertz CT molecular complexity index is 1300. The Morgan fingerprint density at radius 2 is 1.82 bits per heavy atom. The number of aliphatic hydroxyl groups excluding tert-OH is 1. The number of aliphatic hydroxyl groups is 1. The van der Waals surface area contributed by atoms with Gasteiger partial charge < -0.3 is 29.7 Å². The highest BCUT2D eigenvalue weighted by molar-refractivity contribution is 6.00. The number of cyclic esters (lactones) is 1. The third-order valence-corrected chi connectivity index (χ3v) is 9.59. The number of hydrogen-bond donors (Lipinski definition) is 2. The van der Waals surface area contributed by atoms with Gasteiger partial charge in [-0.1, -0.05) is 81.8 Å². The number of carbonyl (C=O) groups excluding carboxylic acids is 4. The highest BCUT2D eigenvalue weighted by atomic mass is 16.5. The Labute approximate surface area is 259 Å². The maximum absolute atomic E-state index is 14.6. The van der Waals surface area contributed by atoms with E-state index in [2.05, 4.69) is 12.2 Å². The van der Waals surface area contributed by atoms with Crippen molar-refractivity contribution >= 4 is 23.7 Å². The second kappa shape index (κ2) is 13.2. The van der Waals surface area contributed by atoms with E-state index in [1.165, 1.54) is 4.90 Å². The second-order valence-electron chi connectivity index (χ2n) is 12.7. The molecule has 10 nitrogen and oxygen atoms in total. The molecule has 1 aromatic rings. The van der Waals surface area contributed by atoms with E-state index in [1.54, 1.807) is 17.1 Å². The molecule has 4 aliphatic heterocycles. The molecule has 10 heteroatoms. The van der Waals surface area contributed by atoms with Crippen molar-refractivity contribution in [2.24, 2.45) is 17.8 Å². The number of fused-ring (bicyclic) bond motifs is 2. The molecule has 1 unspecified atom stereocenters. The van der Waals surface area contributed by atoms with E-state index in [-0.39, 0.29) is 49.4 Å². The maximum atomic E-state index is 14.6. The van der Waals surface area contributed by atoms with Crippen molar-refractivity contribution in [1.29, 1.82) is 0 Å². The zero-order valence-electron chi connectivity index (χ0n) is 26.1. The Balaban J connectivity index is 1.62. The lowest BCUT2D eigenvalue weighted by Crippen LogP contribution is -2.60. The van der Waals surface area contributed by atoms with Crippen LogP contribution in [0.25, 0.3) is 0 Å². The van der Waals surface area contributed by atoms with Gasteiger partial charge in [-0.15, -0.1) is 0 Å². The maximum Gasteiger partial charge on any atom is 0.306 e. The number of likely N-dealkylation sites (tertiary alicyclic amines) is 1. The van der Waals surface area contributed by atoms with Crippen molar-refractivity contribution in [1.82, 2.24) is 15.1 Å². The third-order valence-electron chi connectivity index (χ3n) is 9.59. The van der Waals surface area contributed by atoms with Gasteiger partial charge in [0.1, 0.15) is 18.2 Å². The summed E-state index contributed by atoms with van der Waals surface area (Å²) >= 11 is 0. The van der Waals surface area contributed by atoms with Crippen LogP contribution in [0, 0.1) is 17.8 Å². The number of benzene rings is 1. The minimum absolute atomic E-state index is 0.0579. The SMILES string of the molecule is CCCC(C)N1CC=C[C@]23O[C@@H]4/C=C\CCC(=O)OC[C@@H](c5ccccc5)NC(=O)[C@@H]4[C@H]2C(=O)N([C@@H](CO)C(C)C)[C@@H]3C1=O. The van der Waals surface area contributed by atoms with Crippen LogP contribution < -0.4 is 5.32 Å². The first kappa shape index (κ1) is 31.9. The van der Waals surface area contributed by atoms with Crippen LogP contribution in [0.5, 0.6) is 0 Å². The molecule has 2 fully saturated rings. The summed E-state index contributed by atoms with van der Waals surface area (Å²) in [6.45, 7) is 7.85. The van der Waals surface area contributed by atoms with E-state index in [9.17, 15) is 24.3 Å². The number of hydrogen-bond acceptors (Lipinski definition) is 7. The number of rotatable bonds is 7. The van der Waals surface area contributed by atoms with Crippen molar-refractivity contribution in [3.05, 3.63) is 60.2 Å². The van der Waals surface area contributed by atoms with Crippen LogP contribution in [0.2, 0.25) is 0 Å². The summed E-state index contributed by atoms with van der Waals surface area (Å²) in [6, 6.07) is 6.84. The van der Waals surface area contributed by atoms with Crippen LogP contribution >= 0.6 is 0 Å². The molecule has 238 valence electrons. The zero-order chi connectivity index (χ0) is 31.6. The van der Waals surface area contributed by atoms with Gasteiger partial charge in [0, 0.05) is 19.0 Å². The fourth-order valence-corrected chi connectivity index (χ4v) is 7.34. The van der Waals surface area contributed by atoms with Crippen LogP contribution in [0.3, 0.4) is 0 Å². The van der Waals surface area contributed by atoms with Crippen molar-refractivity contribution in [3.63, 3.8) is 0 Å². The van der Waals surface area contributed by atoms with Crippen LogP contribution in [0.1, 0.15) is 65.0 Å². The van der Waals surface area contributed by atoms with Gasteiger partial charge in [0.25, 0.3) is 0 Å². The van der Waals surface area contributed by atoms with Crippen molar-refractivity contribution in [2.75, 3.05) is 19.8 Å². The number of allylic oxidation sites excluding steroid dienone is 1. The van der Waals surface area contributed by atoms with Gasteiger partial charge in [0.05, 0.1) is 36.6 Å².